The summed E-state index contributed by atoms with van der Waals surface area (Å²) in [5, 5.41) is 0. The molecule has 0 aromatic heterocycles. The number of hydrogen-bond donors (Lipinski definition) is 0. The van der Waals surface area contributed by atoms with E-state index in [-0.39, 0.29) is 24.2 Å². The minimum atomic E-state index is -3.62. The van der Waals surface area contributed by atoms with E-state index >= 15 is 0 Å². The zero-order valence-corrected chi connectivity index (χ0v) is 26.5. The van der Waals surface area contributed by atoms with E-state index in [2.05, 4.69) is 30.5 Å². The van der Waals surface area contributed by atoms with Gasteiger partial charge in [-0.1, -0.05) is 91.4 Å². The molecule has 1 fully saturated rings. The zero-order chi connectivity index (χ0) is 30.9. The normalized spacial score (nSPS) is 16.0. The van der Waals surface area contributed by atoms with Gasteiger partial charge in [-0.15, -0.1) is 6.58 Å². The van der Waals surface area contributed by atoms with Gasteiger partial charge in [0.1, 0.15) is 6.61 Å². The highest BCUT2D eigenvalue weighted by atomic mass is 32.2. The van der Waals surface area contributed by atoms with E-state index in [1.807, 2.05) is 55.5 Å². The lowest BCUT2D eigenvalue weighted by Crippen LogP contribution is -2.48. The van der Waals surface area contributed by atoms with Crippen LogP contribution in [0.2, 0.25) is 0 Å². The van der Waals surface area contributed by atoms with Gasteiger partial charge >= 0.3 is 6.09 Å². The molecule has 0 saturated carbocycles. The van der Waals surface area contributed by atoms with Gasteiger partial charge in [0, 0.05) is 44.7 Å². The molecular weight excluding hydrogens is 558 g/mol. The molecular formula is C35H45N3O4S. The molecule has 43 heavy (non-hydrogen) atoms. The van der Waals surface area contributed by atoms with E-state index in [1.54, 1.807) is 42.3 Å². The van der Waals surface area contributed by atoms with Gasteiger partial charge in [0.25, 0.3) is 0 Å². The third kappa shape index (κ3) is 8.56. The van der Waals surface area contributed by atoms with Crippen molar-refractivity contribution in [1.29, 1.82) is 0 Å². The van der Waals surface area contributed by atoms with Crippen LogP contribution in [0.5, 0.6) is 0 Å². The van der Waals surface area contributed by atoms with Crippen molar-refractivity contribution < 1.29 is 17.9 Å². The smallest absolute Gasteiger partial charge is 0.410 e. The third-order valence-corrected chi connectivity index (χ3v) is 10.3. The van der Waals surface area contributed by atoms with E-state index in [1.165, 1.54) is 9.87 Å². The fraction of sp³-hybridized carbons (Fsp3) is 0.400. The predicted octanol–water partition coefficient (Wildman–Crippen LogP) is 6.25. The van der Waals surface area contributed by atoms with Crippen molar-refractivity contribution in [3.63, 3.8) is 0 Å². The second-order valence-corrected chi connectivity index (χ2v) is 13.8. The number of benzene rings is 3. The summed E-state index contributed by atoms with van der Waals surface area (Å²) in [6.07, 6.45) is 3.93. The molecule has 1 amide bonds. The Morgan fingerprint density at radius 1 is 1.00 bits per heavy atom. The summed E-state index contributed by atoms with van der Waals surface area (Å²) in [7, 11) is -1.95. The maximum atomic E-state index is 13.4. The highest BCUT2D eigenvalue weighted by Crippen LogP contribution is 2.31. The molecule has 0 N–H and O–H groups in total. The van der Waals surface area contributed by atoms with Crippen LogP contribution in [-0.2, 0) is 26.8 Å². The monoisotopic (exact) mass is 603 g/mol. The molecule has 1 unspecified atom stereocenters. The maximum absolute atomic E-state index is 13.4. The molecule has 1 aliphatic heterocycles. The summed E-state index contributed by atoms with van der Waals surface area (Å²) in [5.74, 6) is 0. The molecule has 7 nitrogen and oxygen atoms in total. The molecule has 230 valence electrons. The number of rotatable bonds is 13. The van der Waals surface area contributed by atoms with Crippen LogP contribution in [0.25, 0.3) is 0 Å². The fourth-order valence-corrected chi connectivity index (χ4v) is 7.10. The standard InChI is InChI=1S/C35H45N3O4S/c1-5-23-38(34(39)42-27-30-18-16-29(2)17-19-30)32-20-24-37(25-21-32)26-22-35(3,31-12-8-6-9-13-31)28-36(4)43(40,41)33-14-10-7-11-15-33/h5-19,32H,1,20-28H2,2-4H3. The highest BCUT2D eigenvalue weighted by molar-refractivity contribution is 7.89. The van der Waals surface area contributed by atoms with Crippen molar-refractivity contribution in [2.45, 2.75) is 56.1 Å². The maximum Gasteiger partial charge on any atom is 0.410 e. The van der Waals surface area contributed by atoms with Crippen LogP contribution in [0.3, 0.4) is 0 Å². The average molecular weight is 604 g/mol. The van der Waals surface area contributed by atoms with Crippen molar-refractivity contribution in [3.05, 3.63) is 114 Å². The summed E-state index contributed by atoms with van der Waals surface area (Å²) in [5.41, 5.74) is 2.87. The highest BCUT2D eigenvalue weighted by Gasteiger charge is 2.34. The minimum absolute atomic E-state index is 0.0856. The molecule has 4 rings (SSSR count). The quantitative estimate of drug-likeness (QED) is 0.216. The Bertz CT molecular complexity index is 1420. The number of sulfonamides is 1. The van der Waals surface area contributed by atoms with Crippen LogP contribution in [0, 0.1) is 6.92 Å². The minimum Gasteiger partial charge on any atom is -0.445 e. The number of likely N-dealkylation sites (tertiary alicyclic amines) is 1. The molecule has 0 aliphatic carbocycles. The molecule has 0 radical (unpaired) electrons. The first-order valence-corrected chi connectivity index (χ1v) is 16.5. The zero-order valence-electron chi connectivity index (χ0n) is 25.7. The Balaban J connectivity index is 1.36. The van der Waals surface area contributed by atoms with Crippen molar-refractivity contribution in [2.24, 2.45) is 0 Å². The van der Waals surface area contributed by atoms with Crippen LogP contribution in [0.1, 0.15) is 42.9 Å². The van der Waals surface area contributed by atoms with E-state index in [0.717, 1.165) is 50.0 Å². The number of likely N-dealkylation sites (N-methyl/N-ethyl adjacent to an activating group) is 1. The van der Waals surface area contributed by atoms with Crippen LogP contribution >= 0.6 is 0 Å². The van der Waals surface area contributed by atoms with Crippen LogP contribution in [-0.4, -0.2) is 74.4 Å². The number of hydrogen-bond acceptors (Lipinski definition) is 5. The number of aryl methyl sites for hydroxylation is 1. The van der Waals surface area contributed by atoms with Gasteiger partial charge in [0.2, 0.25) is 10.0 Å². The van der Waals surface area contributed by atoms with Crippen molar-refractivity contribution in [3.8, 4) is 0 Å². The van der Waals surface area contributed by atoms with Gasteiger partial charge < -0.3 is 14.5 Å². The summed E-state index contributed by atoms with van der Waals surface area (Å²) >= 11 is 0. The predicted molar refractivity (Wildman–Crippen MR) is 172 cm³/mol. The summed E-state index contributed by atoms with van der Waals surface area (Å²) in [6.45, 7) is 11.6. The first-order chi connectivity index (χ1) is 20.6. The Morgan fingerprint density at radius 2 is 1.60 bits per heavy atom. The third-order valence-electron chi connectivity index (χ3n) is 8.51. The number of amides is 1. The van der Waals surface area contributed by atoms with Gasteiger partial charge in [-0.05, 0) is 56.0 Å². The Morgan fingerprint density at radius 3 is 2.21 bits per heavy atom. The van der Waals surface area contributed by atoms with Crippen LogP contribution in [0.15, 0.2) is 102 Å². The lowest BCUT2D eigenvalue weighted by molar-refractivity contribution is 0.0647. The van der Waals surface area contributed by atoms with E-state index in [9.17, 15) is 13.2 Å². The van der Waals surface area contributed by atoms with Crippen LogP contribution in [0.4, 0.5) is 4.79 Å². The topological polar surface area (TPSA) is 70.2 Å². The second-order valence-electron chi connectivity index (χ2n) is 11.8. The van der Waals surface area contributed by atoms with Gasteiger partial charge in [-0.25, -0.2) is 17.5 Å². The summed E-state index contributed by atoms with van der Waals surface area (Å²) < 4.78 is 33.9. The van der Waals surface area contributed by atoms with Gasteiger partial charge in [0.05, 0.1) is 4.90 Å². The second kappa shape index (κ2) is 14.8. The fourth-order valence-electron chi connectivity index (χ4n) is 5.79. The van der Waals surface area contributed by atoms with Gasteiger partial charge in [0.15, 0.2) is 0 Å². The molecule has 3 aromatic carbocycles. The number of nitrogens with zero attached hydrogens (tertiary/aromatic N) is 3. The largest absolute Gasteiger partial charge is 0.445 e. The van der Waals surface area contributed by atoms with Gasteiger partial charge in [-0.3, -0.25) is 0 Å². The van der Waals surface area contributed by atoms with Crippen LogP contribution < -0.4 is 0 Å². The van der Waals surface area contributed by atoms with Gasteiger partial charge in [-0.2, -0.15) is 0 Å². The van der Waals surface area contributed by atoms with E-state index < -0.39 is 10.0 Å². The van der Waals surface area contributed by atoms with E-state index in [4.69, 9.17) is 4.74 Å². The molecule has 1 heterocycles. The lowest BCUT2D eigenvalue weighted by Gasteiger charge is -2.40. The number of carbonyl (C=O) groups is 1. The molecule has 8 heteroatoms. The first-order valence-electron chi connectivity index (χ1n) is 15.0. The van der Waals surface area contributed by atoms with E-state index in [0.29, 0.717) is 18.0 Å². The number of carbonyl (C=O) groups excluding carboxylic acids is 1. The molecule has 0 bridgehead atoms. The Kier molecular flexibility index (Phi) is 11.2. The molecule has 1 atom stereocenters. The lowest BCUT2D eigenvalue weighted by atomic mass is 9.79. The van der Waals surface area contributed by atoms with Crippen molar-refractivity contribution in [2.75, 3.05) is 39.8 Å². The summed E-state index contributed by atoms with van der Waals surface area (Å²) in [4.78, 5) is 17.6. The SMILES string of the molecule is C=CCN(C(=O)OCc1ccc(C)cc1)C1CCN(CCC(C)(CN(C)S(=O)(=O)c2ccccc2)c2ccccc2)CC1. The molecule has 3 aromatic rings. The molecule has 1 saturated heterocycles. The molecule has 1 aliphatic rings. The van der Waals surface area contributed by atoms with Crippen molar-refractivity contribution >= 4 is 16.1 Å². The Hall–Kier alpha value is -3.46. The van der Waals surface area contributed by atoms with Crippen molar-refractivity contribution in [1.82, 2.24) is 14.1 Å². The summed E-state index contributed by atoms with van der Waals surface area (Å²) in [6, 6.07) is 26.9. The number of piperidine rings is 1. The number of ether oxygens (including phenoxy) is 1. The molecule has 0 spiro atoms. The average Bonchev–Trinajstić information content (AvgIpc) is 3.03. The first kappa shape index (κ1) is 32.5. The Labute approximate surface area is 257 Å².